The molecule has 1 rings (SSSR count). The van der Waals surface area contributed by atoms with Gasteiger partial charge in [0, 0.05) is 6.04 Å². The SMILES string of the molecule is C=CC(C)NCC(=O)Nc1ccccc1F. The van der Waals surface area contributed by atoms with Crippen molar-refractivity contribution in [2.75, 3.05) is 11.9 Å². The zero-order valence-electron chi connectivity index (χ0n) is 9.16. The van der Waals surface area contributed by atoms with Crippen molar-refractivity contribution >= 4 is 11.6 Å². The summed E-state index contributed by atoms with van der Waals surface area (Å²) in [6.07, 6.45) is 1.69. The summed E-state index contributed by atoms with van der Waals surface area (Å²) in [5.74, 6) is -0.716. The molecule has 3 nitrogen and oxygen atoms in total. The molecule has 0 heterocycles. The van der Waals surface area contributed by atoms with E-state index in [1.54, 1.807) is 18.2 Å². The van der Waals surface area contributed by atoms with Gasteiger partial charge in [0.25, 0.3) is 0 Å². The molecule has 1 unspecified atom stereocenters. The van der Waals surface area contributed by atoms with Gasteiger partial charge in [-0.2, -0.15) is 0 Å². The second kappa shape index (κ2) is 6.02. The zero-order chi connectivity index (χ0) is 12.0. The molecule has 0 aromatic heterocycles. The first kappa shape index (κ1) is 12.4. The Bertz CT molecular complexity index is 379. The lowest BCUT2D eigenvalue weighted by molar-refractivity contribution is -0.115. The molecular weight excluding hydrogens is 207 g/mol. The van der Waals surface area contributed by atoms with Gasteiger partial charge in [-0.25, -0.2) is 4.39 Å². The van der Waals surface area contributed by atoms with Crippen LogP contribution in [0.25, 0.3) is 0 Å². The van der Waals surface area contributed by atoms with Crippen LogP contribution in [0, 0.1) is 5.82 Å². The predicted octanol–water partition coefficient (Wildman–Crippen LogP) is 1.93. The molecule has 0 aliphatic rings. The summed E-state index contributed by atoms with van der Waals surface area (Å²) in [6, 6.07) is 6.10. The number of nitrogens with one attached hydrogen (secondary N) is 2. The molecule has 4 heteroatoms. The molecule has 0 bridgehead atoms. The van der Waals surface area contributed by atoms with E-state index in [-0.39, 0.29) is 24.2 Å². The van der Waals surface area contributed by atoms with Gasteiger partial charge in [0.05, 0.1) is 12.2 Å². The quantitative estimate of drug-likeness (QED) is 0.747. The average Bonchev–Trinajstić information content (AvgIpc) is 2.29. The van der Waals surface area contributed by atoms with Gasteiger partial charge >= 0.3 is 0 Å². The minimum atomic E-state index is -0.437. The summed E-state index contributed by atoms with van der Waals surface area (Å²) in [7, 11) is 0. The minimum Gasteiger partial charge on any atom is -0.322 e. The van der Waals surface area contributed by atoms with Crippen molar-refractivity contribution in [3.05, 3.63) is 42.7 Å². The van der Waals surface area contributed by atoms with Gasteiger partial charge in [-0.15, -0.1) is 6.58 Å². The summed E-state index contributed by atoms with van der Waals surface area (Å²) >= 11 is 0. The average molecular weight is 222 g/mol. The fourth-order valence-electron chi connectivity index (χ4n) is 1.09. The van der Waals surface area contributed by atoms with Crippen LogP contribution in [0.4, 0.5) is 10.1 Å². The van der Waals surface area contributed by atoms with E-state index in [9.17, 15) is 9.18 Å². The van der Waals surface area contributed by atoms with Gasteiger partial charge in [0.2, 0.25) is 5.91 Å². The summed E-state index contributed by atoms with van der Waals surface area (Å²) in [4.78, 5) is 11.4. The van der Waals surface area contributed by atoms with Gasteiger partial charge in [-0.3, -0.25) is 4.79 Å². The van der Waals surface area contributed by atoms with E-state index in [0.29, 0.717) is 0 Å². The molecule has 1 aromatic carbocycles. The Morgan fingerprint density at radius 2 is 2.25 bits per heavy atom. The number of amides is 1. The molecule has 2 N–H and O–H groups in total. The Balaban J connectivity index is 2.46. The first-order valence-corrected chi connectivity index (χ1v) is 5.04. The van der Waals surface area contributed by atoms with E-state index >= 15 is 0 Å². The first-order chi connectivity index (χ1) is 7.63. The van der Waals surface area contributed by atoms with Crippen molar-refractivity contribution < 1.29 is 9.18 Å². The highest BCUT2D eigenvalue weighted by Gasteiger charge is 2.06. The van der Waals surface area contributed by atoms with Gasteiger partial charge in [-0.05, 0) is 19.1 Å². The van der Waals surface area contributed by atoms with Gasteiger partial charge in [-0.1, -0.05) is 18.2 Å². The summed E-state index contributed by atoms with van der Waals surface area (Å²) in [5.41, 5.74) is 0.195. The van der Waals surface area contributed by atoms with Crippen molar-refractivity contribution in [2.45, 2.75) is 13.0 Å². The van der Waals surface area contributed by atoms with Crippen molar-refractivity contribution in [2.24, 2.45) is 0 Å². The molecule has 16 heavy (non-hydrogen) atoms. The monoisotopic (exact) mass is 222 g/mol. The van der Waals surface area contributed by atoms with Crippen molar-refractivity contribution in [3.63, 3.8) is 0 Å². The number of rotatable bonds is 5. The lowest BCUT2D eigenvalue weighted by Crippen LogP contribution is -2.33. The van der Waals surface area contributed by atoms with Crippen LogP contribution >= 0.6 is 0 Å². The molecule has 86 valence electrons. The van der Waals surface area contributed by atoms with Crippen LogP contribution in [0.5, 0.6) is 0 Å². The molecule has 1 amide bonds. The van der Waals surface area contributed by atoms with Crippen LogP contribution < -0.4 is 10.6 Å². The second-order valence-corrected chi connectivity index (χ2v) is 3.43. The predicted molar refractivity (Wildman–Crippen MR) is 62.7 cm³/mol. The molecule has 0 radical (unpaired) electrons. The second-order valence-electron chi connectivity index (χ2n) is 3.43. The maximum atomic E-state index is 13.2. The van der Waals surface area contributed by atoms with Crippen LogP contribution in [-0.2, 0) is 4.79 Å². The normalized spacial score (nSPS) is 11.9. The smallest absolute Gasteiger partial charge is 0.238 e. The third-order valence-electron chi connectivity index (χ3n) is 2.09. The molecule has 0 saturated heterocycles. The largest absolute Gasteiger partial charge is 0.322 e. The van der Waals surface area contributed by atoms with E-state index in [4.69, 9.17) is 0 Å². The Morgan fingerprint density at radius 1 is 1.56 bits per heavy atom. The van der Waals surface area contributed by atoms with E-state index in [2.05, 4.69) is 17.2 Å². The Labute approximate surface area is 94.4 Å². The highest BCUT2D eigenvalue weighted by Crippen LogP contribution is 2.11. The van der Waals surface area contributed by atoms with Crippen LogP contribution in [0.3, 0.4) is 0 Å². The molecule has 0 fully saturated rings. The van der Waals surface area contributed by atoms with E-state index in [1.165, 1.54) is 12.1 Å². The number of benzene rings is 1. The van der Waals surface area contributed by atoms with E-state index in [0.717, 1.165) is 0 Å². The number of halogens is 1. The fourth-order valence-corrected chi connectivity index (χ4v) is 1.09. The third-order valence-corrected chi connectivity index (χ3v) is 2.09. The molecular formula is C12H15FN2O. The van der Waals surface area contributed by atoms with E-state index in [1.807, 2.05) is 6.92 Å². The molecule has 0 spiro atoms. The Kier molecular flexibility index (Phi) is 4.66. The van der Waals surface area contributed by atoms with Crippen molar-refractivity contribution in [1.29, 1.82) is 0 Å². The number of para-hydroxylation sites is 1. The Hall–Kier alpha value is -1.68. The topological polar surface area (TPSA) is 41.1 Å². The molecule has 0 aliphatic carbocycles. The van der Waals surface area contributed by atoms with Crippen LogP contribution in [-0.4, -0.2) is 18.5 Å². The maximum Gasteiger partial charge on any atom is 0.238 e. The first-order valence-electron chi connectivity index (χ1n) is 5.04. The summed E-state index contributed by atoms with van der Waals surface area (Å²) in [6.45, 7) is 5.59. The van der Waals surface area contributed by atoms with Gasteiger partial charge in [0.1, 0.15) is 5.82 Å². The van der Waals surface area contributed by atoms with Crippen molar-refractivity contribution in [1.82, 2.24) is 5.32 Å². The summed E-state index contributed by atoms with van der Waals surface area (Å²) < 4.78 is 13.2. The minimum absolute atomic E-state index is 0.0476. The van der Waals surface area contributed by atoms with Crippen molar-refractivity contribution in [3.8, 4) is 0 Å². The number of anilines is 1. The number of carbonyl (C=O) groups excluding carboxylic acids is 1. The molecule has 1 atom stereocenters. The molecule has 1 aromatic rings. The van der Waals surface area contributed by atoms with Gasteiger partial charge < -0.3 is 10.6 Å². The number of carbonyl (C=O) groups is 1. The number of hydrogen-bond acceptors (Lipinski definition) is 2. The van der Waals surface area contributed by atoms with Crippen LogP contribution in [0.2, 0.25) is 0 Å². The maximum absolute atomic E-state index is 13.2. The highest BCUT2D eigenvalue weighted by atomic mass is 19.1. The molecule has 0 saturated carbocycles. The lowest BCUT2D eigenvalue weighted by atomic mass is 10.3. The summed E-state index contributed by atoms with van der Waals surface area (Å²) in [5, 5.41) is 5.40. The van der Waals surface area contributed by atoms with E-state index < -0.39 is 5.82 Å². The van der Waals surface area contributed by atoms with Gasteiger partial charge in [0.15, 0.2) is 0 Å². The number of hydrogen-bond donors (Lipinski definition) is 2. The third kappa shape index (κ3) is 3.82. The highest BCUT2D eigenvalue weighted by molar-refractivity contribution is 5.92. The van der Waals surface area contributed by atoms with Crippen LogP contribution in [0.1, 0.15) is 6.92 Å². The standard InChI is InChI=1S/C12H15FN2O/c1-3-9(2)14-8-12(16)15-11-7-5-4-6-10(11)13/h3-7,9,14H,1,8H2,2H3,(H,15,16). The fraction of sp³-hybridized carbons (Fsp3) is 0.250. The Morgan fingerprint density at radius 3 is 2.88 bits per heavy atom. The van der Waals surface area contributed by atoms with Crippen LogP contribution in [0.15, 0.2) is 36.9 Å². The molecule has 0 aliphatic heterocycles. The zero-order valence-corrected chi connectivity index (χ0v) is 9.16. The lowest BCUT2D eigenvalue weighted by Gasteiger charge is -2.09.